The largest absolute Gasteiger partial charge is 0.322 e. The second kappa shape index (κ2) is 4.59. The van der Waals surface area contributed by atoms with Crippen LogP contribution in [0.1, 0.15) is 12.6 Å². The van der Waals surface area contributed by atoms with Crippen molar-refractivity contribution < 1.29 is 0 Å². The topological polar surface area (TPSA) is 41.6 Å². The van der Waals surface area contributed by atoms with Gasteiger partial charge in [0.25, 0.3) is 0 Å². The summed E-state index contributed by atoms with van der Waals surface area (Å²) >= 11 is 6.73. The lowest BCUT2D eigenvalue weighted by molar-refractivity contribution is 1.05. The smallest absolute Gasteiger partial charge is 0.160 e. The highest BCUT2D eigenvalue weighted by Gasteiger charge is 2.09. The minimum absolute atomic E-state index is 0.770. The molecule has 5 heteroatoms. The van der Waals surface area contributed by atoms with Gasteiger partial charge in [-0.1, -0.05) is 6.92 Å². The van der Waals surface area contributed by atoms with E-state index in [1.807, 2.05) is 12.1 Å². The van der Waals surface area contributed by atoms with Crippen molar-refractivity contribution in [3.63, 3.8) is 0 Å². The first-order valence-corrected chi connectivity index (χ1v) is 6.93. The highest BCUT2D eigenvalue weighted by molar-refractivity contribution is 7.73. The van der Waals surface area contributed by atoms with E-state index < -0.39 is 0 Å². The Labute approximate surface area is 114 Å². The molecule has 0 saturated heterocycles. The van der Waals surface area contributed by atoms with Crippen molar-refractivity contribution in [1.82, 2.24) is 15.0 Å². The van der Waals surface area contributed by atoms with Crippen LogP contribution in [0.5, 0.6) is 0 Å². The van der Waals surface area contributed by atoms with Crippen LogP contribution in [0.2, 0.25) is 0 Å². The second-order valence-corrected chi connectivity index (χ2v) is 5.65. The van der Waals surface area contributed by atoms with E-state index >= 15 is 0 Å². The lowest BCUT2D eigenvalue weighted by Crippen LogP contribution is -1.93. The summed E-state index contributed by atoms with van der Waals surface area (Å²) in [4.78, 5) is 11.8. The van der Waals surface area contributed by atoms with Crippen molar-refractivity contribution in [3.8, 4) is 11.1 Å². The maximum atomic E-state index is 5.17. The van der Waals surface area contributed by atoms with Gasteiger partial charge in [0.15, 0.2) is 3.95 Å². The fourth-order valence-corrected chi connectivity index (χ4v) is 3.06. The molecule has 0 aliphatic rings. The van der Waals surface area contributed by atoms with E-state index in [9.17, 15) is 0 Å². The predicted octanol–water partition coefficient (Wildman–Crippen LogP) is 3.98. The maximum absolute atomic E-state index is 5.17. The van der Waals surface area contributed by atoms with Crippen molar-refractivity contribution in [2.45, 2.75) is 13.3 Å². The fraction of sp³-hybridized carbons (Fsp3) is 0.154. The zero-order chi connectivity index (χ0) is 12.5. The molecule has 0 aliphatic carbocycles. The molecule has 0 aromatic carbocycles. The fourth-order valence-electron chi connectivity index (χ4n) is 1.97. The van der Waals surface area contributed by atoms with E-state index in [1.165, 1.54) is 0 Å². The van der Waals surface area contributed by atoms with Gasteiger partial charge < -0.3 is 4.98 Å². The first-order chi connectivity index (χ1) is 8.78. The van der Waals surface area contributed by atoms with Crippen LogP contribution in [0, 0.1) is 3.95 Å². The molecule has 90 valence electrons. The number of nitrogens with zero attached hydrogens (tertiary/aromatic N) is 2. The third-order valence-electron chi connectivity index (χ3n) is 2.82. The minimum atomic E-state index is 0.770. The molecule has 0 radical (unpaired) electrons. The number of aromatic amines is 1. The molecule has 3 aromatic heterocycles. The third kappa shape index (κ3) is 1.95. The normalized spacial score (nSPS) is 10.9. The molecule has 0 unspecified atom stereocenters. The molecule has 0 saturated carbocycles. The molecule has 0 aliphatic heterocycles. The van der Waals surface area contributed by atoms with E-state index in [0.717, 1.165) is 37.5 Å². The monoisotopic (exact) mass is 273 g/mol. The number of pyridine rings is 2. The number of fused-ring (bicyclic) bond motifs is 1. The zero-order valence-corrected chi connectivity index (χ0v) is 11.4. The molecule has 3 heterocycles. The molecule has 0 amide bonds. The van der Waals surface area contributed by atoms with Crippen molar-refractivity contribution in [2.75, 3.05) is 0 Å². The van der Waals surface area contributed by atoms with Gasteiger partial charge in [-0.3, -0.25) is 4.98 Å². The number of nitrogens with one attached hydrogen (secondary N) is 1. The predicted molar refractivity (Wildman–Crippen MR) is 77.4 cm³/mol. The molecule has 0 spiro atoms. The third-order valence-corrected chi connectivity index (χ3v) is 3.99. The maximum Gasteiger partial charge on any atom is 0.160 e. The lowest BCUT2D eigenvalue weighted by atomic mass is 10.0. The summed E-state index contributed by atoms with van der Waals surface area (Å²) in [6, 6.07) is 6.18. The van der Waals surface area contributed by atoms with Crippen LogP contribution in [0.4, 0.5) is 0 Å². The number of thiazole rings is 1. The Morgan fingerprint density at radius 3 is 2.83 bits per heavy atom. The Hall–Kier alpha value is -1.59. The number of rotatable bonds is 2. The first-order valence-electron chi connectivity index (χ1n) is 5.71. The van der Waals surface area contributed by atoms with Gasteiger partial charge in [-0.05, 0) is 42.4 Å². The van der Waals surface area contributed by atoms with Gasteiger partial charge in [0.1, 0.15) is 5.65 Å². The van der Waals surface area contributed by atoms with Gasteiger partial charge in [0.05, 0.1) is 10.4 Å². The van der Waals surface area contributed by atoms with Crippen LogP contribution in [-0.2, 0) is 6.42 Å². The van der Waals surface area contributed by atoms with Crippen LogP contribution in [-0.4, -0.2) is 15.0 Å². The Bertz CT molecular complexity index is 744. The van der Waals surface area contributed by atoms with Gasteiger partial charge in [-0.15, -0.1) is 11.3 Å². The van der Waals surface area contributed by atoms with Gasteiger partial charge >= 0.3 is 0 Å². The Kier molecular flexibility index (Phi) is 2.93. The van der Waals surface area contributed by atoms with Crippen molar-refractivity contribution in [3.05, 3.63) is 40.2 Å². The molecule has 3 aromatic rings. The Morgan fingerprint density at radius 2 is 2.11 bits per heavy atom. The summed E-state index contributed by atoms with van der Waals surface area (Å²) in [5.74, 6) is 0. The molecule has 0 atom stereocenters. The lowest BCUT2D eigenvalue weighted by Gasteiger charge is -2.06. The van der Waals surface area contributed by atoms with Gasteiger partial charge in [-0.2, -0.15) is 0 Å². The Morgan fingerprint density at radius 1 is 1.33 bits per heavy atom. The molecule has 1 N–H and O–H groups in total. The number of aromatic nitrogens is 3. The van der Waals surface area contributed by atoms with Crippen molar-refractivity contribution in [1.29, 1.82) is 0 Å². The second-order valence-electron chi connectivity index (χ2n) is 3.93. The average Bonchev–Trinajstić information content (AvgIpc) is 2.77. The van der Waals surface area contributed by atoms with Gasteiger partial charge in [0.2, 0.25) is 0 Å². The van der Waals surface area contributed by atoms with E-state index in [1.54, 1.807) is 23.7 Å². The van der Waals surface area contributed by atoms with Crippen LogP contribution in [0.25, 0.3) is 21.5 Å². The summed E-state index contributed by atoms with van der Waals surface area (Å²) in [6.45, 7) is 2.11. The van der Waals surface area contributed by atoms with Crippen LogP contribution in [0.15, 0.2) is 30.6 Å². The van der Waals surface area contributed by atoms with Crippen molar-refractivity contribution in [2.24, 2.45) is 0 Å². The highest BCUT2D eigenvalue weighted by Crippen LogP contribution is 2.28. The zero-order valence-electron chi connectivity index (χ0n) is 9.80. The van der Waals surface area contributed by atoms with Crippen LogP contribution >= 0.6 is 23.6 Å². The molecule has 3 nitrogen and oxygen atoms in total. The first kappa shape index (κ1) is 11.5. The molecular weight excluding hydrogens is 262 g/mol. The Balaban J connectivity index is 2.30. The van der Waals surface area contributed by atoms with Gasteiger partial charge in [0, 0.05) is 18.0 Å². The van der Waals surface area contributed by atoms with E-state index in [0.29, 0.717) is 0 Å². The standard InChI is InChI=1S/C13H11N3S2/c1-2-10-9(8-3-5-14-6-4-8)7-11-12(15-10)16-13(17)18-11/h3-7H,2H2,1H3,(H,15,16,17). The number of hydrogen-bond donors (Lipinski definition) is 1. The molecule has 0 fully saturated rings. The van der Waals surface area contributed by atoms with E-state index in [4.69, 9.17) is 12.2 Å². The summed E-state index contributed by atoms with van der Waals surface area (Å²) in [6.07, 6.45) is 4.50. The molecule has 18 heavy (non-hydrogen) atoms. The molecule has 0 bridgehead atoms. The SMILES string of the molecule is CCc1nc2[nH]c(=S)sc2cc1-c1ccncc1. The highest BCUT2D eigenvalue weighted by atomic mass is 32.1. The molecular formula is C13H11N3S2. The molecule has 3 rings (SSSR count). The number of H-pyrrole nitrogens is 1. The number of hydrogen-bond acceptors (Lipinski definition) is 4. The average molecular weight is 273 g/mol. The summed E-state index contributed by atoms with van der Waals surface area (Å²) in [5, 5.41) is 0. The van der Waals surface area contributed by atoms with Crippen LogP contribution in [0.3, 0.4) is 0 Å². The quantitative estimate of drug-likeness (QED) is 0.718. The summed E-state index contributed by atoms with van der Waals surface area (Å²) in [5.41, 5.74) is 4.28. The van der Waals surface area contributed by atoms with E-state index in [-0.39, 0.29) is 0 Å². The van der Waals surface area contributed by atoms with Crippen LogP contribution < -0.4 is 0 Å². The summed E-state index contributed by atoms with van der Waals surface area (Å²) in [7, 11) is 0. The van der Waals surface area contributed by atoms with E-state index in [2.05, 4.69) is 27.9 Å². The minimum Gasteiger partial charge on any atom is -0.322 e. The summed E-state index contributed by atoms with van der Waals surface area (Å²) < 4.78 is 1.87. The van der Waals surface area contributed by atoms with Gasteiger partial charge in [-0.25, -0.2) is 4.98 Å². The van der Waals surface area contributed by atoms with Crippen molar-refractivity contribution >= 4 is 33.9 Å². The number of aryl methyl sites for hydroxylation is 1.